The van der Waals surface area contributed by atoms with Crippen LogP contribution in [0.3, 0.4) is 0 Å². The van der Waals surface area contributed by atoms with Gasteiger partial charge in [0.15, 0.2) is 11.0 Å². The summed E-state index contributed by atoms with van der Waals surface area (Å²) in [5.41, 5.74) is 1.81. The lowest BCUT2D eigenvalue weighted by Gasteiger charge is -2.03. The molecule has 1 N–H and O–H groups in total. The first-order valence-corrected chi connectivity index (χ1v) is 5.16. The van der Waals surface area contributed by atoms with Crippen LogP contribution < -0.4 is 5.32 Å². The molecule has 3 nitrogen and oxygen atoms in total. The fourth-order valence-corrected chi connectivity index (χ4v) is 1.50. The molecule has 0 unspecified atom stereocenters. The molecule has 0 aliphatic heterocycles. The molecule has 2 aromatic rings. The number of anilines is 1. The fraction of sp³-hybridized carbons (Fsp3) is 0.0833. The van der Waals surface area contributed by atoms with Gasteiger partial charge >= 0.3 is 0 Å². The highest BCUT2D eigenvalue weighted by Crippen LogP contribution is 2.15. The number of carbonyl (C=O) groups excluding carboxylic acids is 1. The van der Waals surface area contributed by atoms with Crippen molar-refractivity contribution < 1.29 is 9.21 Å². The third-order valence-corrected chi connectivity index (χ3v) is 2.28. The molecule has 0 saturated heterocycles. The number of furan rings is 1. The van der Waals surface area contributed by atoms with Gasteiger partial charge in [0.1, 0.15) is 0 Å². The zero-order valence-electron chi connectivity index (χ0n) is 8.66. The molecule has 0 radical (unpaired) electrons. The third kappa shape index (κ3) is 2.44. The highest BCUT2D eigenvalue weighted by atomic mass is 35.5. The van der Waals surface area contributed by atoms with E-state index in [9.17, 15) is 4.79 Å². The van der Waals surface area contributed by atoms with Gasteiger partial charge in [-0.1, -0.05) is 12.1 Å². The van der Waals surface area contributed by atoms with Gasteiger partial charge in [0, 0.05) is 5.69 Å². The number of hydrogen-bond donors (Lipinski definition) is 1. The molecule has 0 saturated carbocycles. The average Bonchev–Trinajstić information content (AvgIpc) is 2.65. The second-order valence-electron chi connectivity index (χ2n) is 3.43. The SMILES string of the molecule is Cc1cccc(NC(=O)c2ccc(Cl)o2)c1. The van der Waals surface area contributed by atoms with Crippen molar-refractivity contribution >= 4 is 23.2 Å². The lowest BCUT2D eigenvalue weighted by Crippen LogP contribution is -2.10. The number of carbonyl (C=O) groups is 1. The van der Waals surface area contributed by atoms with E-state index in [-0.39, 0.29) is 16.9 Å². The van der Waals surface area contributed by atoms with Crippen LogP contribution in [-0.4, -0.2) is 5.91 Å². The first-order valence-electron chi connectivity index (χ1n) is 4.78. The number of hydrogen-bond acceptors (Lipinski definition) is 2. The molecule has 82 valence electrons. The number of benzene rings is 1. The maximum Gasteiger partial charge on any atom is 0.291 e. The lowest BCUT2D eigenvalue weighted by molar-refractivity contribution is 0.0997. The molecule has 16 heavy (non-hydrogen) atoms. The average molecular weight is 236 g/mol. The van der Waals surface area contributed by atoms with Crippen molar-refractivity contribution in [1.29, 1.82) is 0 Å². The van der Waals surface area contributed by atoms with E-state index in [0.29, 0.717) is 0 Å². The van der Waals surface area contributed by atoms with Crippen LogP contribution in [0.4, 0.5) is 5.69 Å². The third-order valence-electron chi connectivity index (χ3n) is 2.07. The van der Waals surface area contributed by atoms with Crippen molar-refractivity contribution in [3.05, 3.63) is 52.9 Å². The lowest BCUT2D eigenvalue weighted by atomic mass is 10.2. The molecule has 0 spiro atoms. The number of rotatable bonds is 2. The van der Waals surface area contributed by atoms with Crippen LogP contribution in [0.2, 0.25) is 5.22 Å². The predicted molar refractivity (Wildman–Crippen MR) is 62.9 cm³/mol. The second kappa shape index (κ2) is 4.41. The van der Waals surface area contributed by atoms with Crippen molar-refractivity contribution in [2.45, 2.75) is 6.92 Å². The highest BCUT2D eigenvalue weighted by molar-refractivity contribution is 6.29. The van der Waals surface area contributed by atoms with Gasteiger partial charge in [-0.3, -0.25) is 4.79 Å². The van der Waals surface area contributed by atoms with E-state index >= 15 is 0 Å². The fourth-order valence-electron chi connectivity index (χ4n) is 1.35. The molecule has 0 bridgehead atoms. The van der Waals surface area contributed by atoms with Gasteiger partial charge in [0.25, 0.3) is 5.91 Å². The number of aryl methyl sites for hydroxylation is 1. The maximum atomic E-state index is 11.7. The molecule has 4 heteroatoms. The van der Waals surface area contributed by atoms with Crippen LogP contribution >= 0.6 is 11.6 Å². The Balaban J connectivity index is 2.13. The summed E-state index contributed by atoms with van der Waals surface area (Å²) >= 11 is 5.59. The molecular weight excluding hydrogens is 226 g/mol. The Morgan fingerprint density at radius 3 is 2.75 bits per heavy atom. The summed E-state index contributed by atoms with van der Waals surface area (Å²) in [6.45, 7) is 1.96. The minimum Gasteiger partial charge on any atom is -0.440 e. The Kier molecular flexibility index (Phi) is 2.97. The van der Waals surface area contributed by atoms with Gasteiger partial charge in [-0.15, -0.1) is 0 Å². The second-order valence-corrected chi connectivity index (χ2v) is 3.80. The van der Waals surface area contributed by atoms with Gasteiger partial charge in [0.2, 0.25) is 0 Å². The van der Waals surface area contributed by atoms with Crippen molar-refractivity contribution in [2.24, 2.45) is 0 Å². The van der Waals surface area contributed by atoms with Gasteiger partial charge < -0.3 is 9.73 Å². The summed E-state index contributed by atoms with van der Waals surface area (Å²) in [6, 6.07) is 10.6. The molecule has 0 aliphatic rings. The minimum atomic E-state index is -0.308. The van der Waals surface area contributed by atoms with Crippen LogP contribution in [0.1, 0.15) is 16.1 Å². The summed E-state index contributed by atoms with van der Waals surface area (Å²) in [5.74, 6) is -0.107. The molecule has 1 amide bonds. The molecular formula is C12H10ClNO2. The molecule has 1 heterocycles. The summed E-state index contributed by atoms with van der Waals surface area (Å²) < 4.78 is 5.00. The molecule has 0 atom stereocenters. The first kappa shape index (κ1) is 10.8. The van der Waals surface area contributed by atoms with E-state index in [1.165, 1.54) is 12.1 Å². The van der Waals surface area contributed by atoms with Gasteiger partial charge in [-0.2, -0.15) is 0 Å². The number of nitrogens with one attached hydrogen (secondary N) is 1. The van der Waals surface area contributed by atoms with E-state index in [1.54, 1.807) is 0 Å². The summed E-state index contributed by atoms with van der Waals surface area (Å²) in [4.78, 5) is 11.7. The van der Waals surface area contributed by atoms with Crippen LogP contribution in [0.25, 0.3) is 0 Å². The summed E-state index contributed by atoms with van der Waals surface area (Å²) in [7, 11) is 0. The Hall–Kier alpha value is -1.74. The Morgan fingerprint density at radius 1 is 1.31 bits per heavy atom. The number of amides is 1. The van der Waals surface area contributed by atoms with Gasteiger partial charge in [-0.25, -0.2) is 0 Å². The van der Waals surface area contributed by atoms with Crippen molar-refractivity contribution in [1.82, 2.24) is 0 Å². The Morgan fingerprint density at radius 2 is 2.12 bits per heavy atom. The Labute approximate surface area is 98.0 Å². The van der Waals surface area contributed by atoms with Crippen molar-refractivity contribution in [3.8, 4) is 0 Å². The zero-order valence-corrected chi connectivity index (χ0v) is 9.41. The maximum absolute atomic E-state index is 11.7. The zero-order chi connectivity index (χ0) is 11.5. The monoisotopic (exact) mass is 235 g/mol. The van der Waals surface area contributed by atoms with E-state index in [1.807, 2.05) is 31.2 Å². The predicted octanol–water partition coefficient (Wildman–Crippen LogP) is 3.49. The molecule has 0 aliphatic carbocycles. The topological polar surface area (TPSA) is 42.2 Å². The summed E-state index contributed by atoms with van der Waals surface area (Å²) in [5, 5.41) is 2.92. The molecule has 0 fully saturated rings. The van der Waals surface area contributed by atoms with Gasteiger partial charge in [0.05, 0.1) is 0 Å². The van der Waals surface area contributed by atoms with Crippen LogP contribution in [0.5, 0.6) is 0 Å². The van der Waals surface area contributed by atoms with E-state index in [4.69, 9.17) is 16.0 Å². The van der Waals surface area contributed by atoms with Crippen molar-refractivity contribution in [2.75, 3.05) is 5.32 Å². The molecule has 1 aromatic heterocycles. The Bertz CT molecular complexity index is 519. The van der Waals surface area contributed by atoms with Crippen LogP contribution in [0.15, 0.2) is 40.8 Å². The van der Waals surface area contributed by atoms with E-state index in [2.05, 4.69) is 5.32 Å². The standard InChI is InChI=1S/C12H10ClNO2/c1-8-3-2-4-9(7-8)14-12(15)10-5-6-11(13)16-10/h2-7H,1H3,(H,14,15). The minimum absolute atomic E-state index is 0.200. The molecule has 2 rings (SSSR count). The van der Waals surface area contributed by atoms with Crippen LogP contribution in [-0.2, 0) is 0 Å². The van der Waals surface area contributed by atoms with E-state index in [0.717, 1.165) is 11.3 Å². The quantitative estimate of drug-likeness (QED) is 0.866. The normalized spacial score (nSPS) is 10.1. The molecule has 1 aromatic carbocycles. The van der Waals surface area contributed by atoms with Gasteiger partial charge in [-0.05, 0) is 48.4 Å². The largest absolute Gasteiger partial charge is 0.440 e. The highest BCUT2D eigenvalue weighted by Gasteiger charge is 2.10. The van der Waals surface area contributed by atoms with Crippen molar-refractivity contribution in [3.63, 3.8) is 0 Å². The first-order chi connectivity index (χ1) is 7.65. The summed E-state index contributed by atoms with van der Waals surface area (Å²) in [6.07, 6.45) is 0. The number of halogens is 1. The smallest absolute Gasteiger partial charge is 0.291 e. The van der Waals surface area contributed by atoms with E-state index < -0.39 is 0 Å². The van der Waals surface area contributed by atoms with Crippen LogP contribution in [0, 0.1) is 6.92 Å².